The minimum absolute atomic E-state index is 0.439. The van der Waals surface area contributed by atoms with Crippen LogP contribution in [-0.4, -0.2) is 21.2 Å². The molecule has 5 nitrogen and oxygen atoms in total. The summed E-state index contributed by atoms with van der Waals surface area (Å²) in [7, 11) is 0. The van der Waals surface area contributed by atoms with Crippen molar-refractivity contribution in [1.29, 1.82) is 0 Å². The zero-order valence-corrected chi connectivity index (χ0v) is 15.0. The molecule has 2 N–H and O–H groups in total. The first-order chi connectivity index (χ1) is 11.6. The predicted molar refractivity (Wildman–Crippen MR) is 99.1 cm³/mol. The quantitative estimate of drug-likeness (QED) is 0.762. The topological polar surface area (TPSA) is 62.7 Å². The Labute approximate surface area is 148 Å². The molecule has 0 spiro atoms. The van der Waals surface area contributed by atoms with Crippen molar-refractivity contribution in [3.05, 3.63) is 34.5 Å². The SMILES string of the molecule is Cc1cc(C)c(Nc2cnnc(NC3CCCCCC3)n2)c(Cl)c1. The molecule has 1 aliphatic carbocycles. The maximum absolute atomic E-state index is 6.36. The minimum Gasteiger partial charge on any atom is -0.350 e. The second-order valence-corrected chi connectivity index (χ2v) is 6.97. The summed E-state index contributed by atoms with van der Waals surface area (Å²) in [5.41, 5.74) is 3.08. The van der Waals surface area contributed by atoms with Gasteiger partial charge in [0.15, 0.2) is 5.82 Å². The van der Waals surface area contributed by atoms with Crippen LogP contribution in [-0.2, 0) is 0 Å². The number of aromatic nitrogens is 3. The number of hydrogen-bond donors (Lipinski definition) is 2. The zero-order chi connectivity index (χ0) is 16.9. The van der Waals surface area contributed by atoms with Crippen LogP contribution in [0.15, 0.2) is 18.3 Å². The van der Waals surface area contributed by atoms with Crippen LogP contribution >= 0.6 is 11.6 Å². The number of benzene rings is 1. The molecular formula is C18H24ClN5. The Morgan fingerprint density at radius 3 is 2.54 bits per heavy atom. The largest absolute Gasteiger partial charge is 0.350 e. The highest BCUT2D eigenvalue weighted by Gasteiger charge is 2.14. The van der Waals surface area contributed by atoms with Crippen molar-refractivity contribution in [2.45, 2.75) is 58.4 Å². The molecule has 1 saturated carbocycles. The molecule has 1 aromatic heterocycles. The minimum atomic E-state index is 0.439. The van der Waals surface area contributed by atoms with E-state index in [-0.39, 0.29) is 0 Å². The molecular weight excluding hydrogens is 322 g/mol. The molecule has 0 aliphatic heterocycles. The molecule has 3 rings (SSSR count). The highest BCUT2D eigenvalue weighted by atomic mass is 35.5. The van der Waals surface area contributed by atoms with Gasteiger partial charge in [-0.2, -0.15) is 10.1 Å². The molecule has 0 saturated heterocycles. The zero-order valence-electron chi connectivity index (χ0n) is 14.3. The van der Waals surface area contributed by atoms with Crippen molar-refractivity contribution >= 4 is 29.1 Å². The van der Waals surface area contributed by atoms with Crippen molar-refractivity contribution in [3.63, 3.8) is 0 Å². The fourth-order valence-electron chi connectivity index (χ4n) is 3.23. The van der Waals surface area contributed by atoms with Crippen molar-refractivity contribution < 1.29 is 0 Å². The molecule has 6 heteroatoms. The first kappa shape index (κ1) is 17.0. The lowest BCUT2D eigenvalue weighted by molar-refractivity contribution is 0.613. The second-order valence-electron chi connectivity index (χ2n) is 6.56. The van der Waals surface area contributed by atoms with Crippen LogP contribution in [0.4, 0.5) is 17.5 Å². The van der Waals surface area contributed by atoms with Crippen LogP contribution in [0.5, 0.6) is 0 Å². The molecule has 128 valence electrons. The average molecular weight is 346 g/mol. The van der Waals surface area contributed by atoms with Gasteiger partial charge in [-0.3, -0.25) is 0 Å². The molecule has 0 radical (unpaired) electrons. The Kier molecular flexibility index (Phi) is 5.51. The van der Waals surface area contributed by atoms with Gasteiger partial charge in [0.1, 0.15) is 0 Å². The van der Waals surface area contributed by atoms with Gasteiger partial charge in [0, 0.05) is 6.04 Å². The summed E-state index contributed by atoms with van der Waals surface area (Å²) in [6, 6.07) is 4.47. The Balaban J connectivity index is 1.73. The molecule has 1 heterocycles. The van der Waals surface area contributed by atoms with E-state index in [1.165, 1.54) is 38.5 Å². The Morgan fingerprint density at radius 1 is 1.08 bits per heavy atom. The molecule has 0 unspecified atom stereocenters. The van der Waals surface area contributed by atoms with Gasteiger partial charge in [-0.05, 0) is 43.9 Å². The van der Waals surface area contributed by atoms with E-state index in [1.807, 2.05) is 19.9 Å². The van der Waals surface area contributed by atoms with Crippen LogP contribution in [0.25, 0.3) is 0 Å². The van der Waals surface area contributed by atoms with Crippen LogP contribution in [0, 0.1) is 13.8 Å². The third-order valence-corrected chi connectivity index (χ3v) is 4.73. The van der Waals surface area contributed by atoms with Gasteiger partial charge in [-0.25, -0.2) is 0 Å². The summed E-state index contributed by atoms with van der Waals surface area (Å²) in [5, 5.41) is 15.6. The fraction of sp³-hybridized carbons (Fsp3) is 0.500. The van der Waals surface area contributed by atoms with Gasteiger partial charge in [-0.1, -0.05) is 43.4 Å². The van der Waals surface area contributed by atoms with Crippen molar-refractivity contribution in [3.8, 4) is 0 Å². The van der Waals surface area contributed by atoms with Crippen molar-refractivity contribution in [1.82, 2.24) is 15.2 Å². The fourth-order valence-corrected chi connectivity index (χ4v) is 3.60. The van der Waals surface area contributed by atoms with Gasteiger partial charge < -0.3 is 10.6 Å². The van der Waals surface area contributed by atoms with Crippen LogP contribution in [0.3, 0.4) is 0 Å². The van der Waals surface area contributed by atoms with E-state index in [9.17, 15) is 0 Å². The summed E-state index contributed by atoms with van der Waals surface area (Å²) in [6.45, 7) is 4.06. The number of rotatable bonds is 4. The molecule has 1 aliphatic rings. The molecule has 0 atom stereocenters. The Bertz CT molecular complexity index is 673. The van der Waals surface area contributed by atoms with Gasteiger partial charge in [0.2, 0.25) is 5.95 Å². The number of anilines is 3. The summed E-state index contributed by atoms with van der Waals surface area (Å²) >= 11 is 6.36. The predicted octanol–water partition coefficient (Wildman–Crippen LogP) is 5.02. The first-order valence-corrected chi connectivity index (χ1v) is 8.99. The van der Waals surface area contributed by atoms with Crippen LogP contribution < -0.4 is 10.6 Å². The molecule has 0 amide bonds. The van der Waals surface area contributed by atoms with Gasteiger partial charge >= 0.3 is 0 Å². The van der Waals surface area contributed by atoms with E-state index in [2.05, 4.69) is 31.9 Å². The summed E-state index contributed by atoms with van der Waals surface area (Å²) in [4.78, 5) is 4.54. The van der Waals surface area contributed by atoms with E-state index in [0.717, 1.165) is 16.8 Å². The summed E-state index contributed by atoms with van der Waals surface area (Å²) < 4.78 is 0. The lowest BCUT2D eigenvalue weighted by Gasteiger charge is -2.16. The first-order valence-electron chi connectivity index (χ1n) is 8.62. The van der Waals surface area contributed by atoms with Gasteiger partial charge in [-0.15, -0.1) is 5.10 Å². The maximum atomic E-state index is 6.36. The smallest absolute Gasteiger partial charge is 0.244 e. The highest BCUT2D eigenvalue weighted by molar-refractivity contribution is 6.33. The van der Waals surface area contributed by atoms with Crippen LogP contribution in [0.2, 0.25) is 5.02 Å². The lowest BCUT2D eigenvalue weighted by atomic mass is 10.1. The number of halogens is 1. The lowest BCUT2D eigenvalue weighted by Crippen LogP contribution is -2.20. The highest BCUT2D eigenvalue weighted by Crippen LogP contribution is 2.29. The normalized spacial score (nSPS) is 15.8. The molecule has 1 fully saturated rings. The summed E-state index contributed by atoms with van der Waals surface area (Å²) in [6.07, 6.45) is 9.14. The maximum Gasteiger partial charge on any atom is 0.244 e. The summed E-state index contributed by atoms with van der Waals surface area (Å²) in [5.74, 6) is 1.22. The van der Waals surface area contributed by atoms with Crippen LogP contribution in [0.1, 0.15) is 49.7 Å². The van der Waals surface area contributed by atoms with E-state index in [1.54, 1.807) is 6.20 Å². The van der Waals surface area contributed by atoms with E-state index in [4.69, 9.17) is 11.6 Å². The van der Waals surface area contributed by atoms with E-state index >= 15 is 0 Å². The van der Waals surface area contributed by atoms with E-state index in [0.29, 0.717) is 22.8 Å². The Morgan fingerprint density at radius 2 is 1.83 bits per heavy atom. The number of hydrogen-bond acceptors (Lipinski definition) is 5. The molecule has 1 aromatic carbocycles. The van der Waals surface area contributed by atoms with Gasteiger partial charge in [0.25, 0.3) is 0 Å². The third kappa shape index (κ3) is 4.35. The molecule has 0 bridgehead atoms. The number of aryl methyl sites for hydroxylation is 2. The monoisotopic (exact) mass is 345 g/mol. The number of nitrogens with one attached hydrogen (secondary N) is 2. The van der Waals surface area contributed by atoms with E-state index < -0.39 is 0 Å². The van der Waals surface area contributed by atoms with Crippen molar-refractivity contribution in [2.75, 3.05) is 10.6 Å². The van der Waals surface area contributed by atoms with Gasteiger partial charge in [0.05, 0.1) is 16.9 Å². The van der Waals surface area contributed by atoms with Crippen molar-refractivity contribution in [2.24, 2.45) is 0 Å². The Hall–Kier alpha value is -1.88. The second kappa shape index (κ2) is 7.79. The standard InChI is InChI=1S/C18H24ClN5/c1-12-9-13(2)17(15(19)10-12)22-16-11-20-24-18(23-16)21-14-7-5-3-4-6-8-14/h9-11,14H,3-8H2,1-2H3,(H2,21,22,23,24). The average Bonchev–Trinajstić information content (AvgIpc) is 2.80. The molecule has 24 heavy (non-hydrogen) atoms. The number of nitrogens with zero attached hydrogens (tertiary/aromatic N) is 3. The third-order valence-electron chi connectivity index (χ3n) is 4.43. The molecule has 2 aromatic rings.